The number of carbonyl (C=O) groups excluding carboxylic acids is 1. The molecule has 1 aliphatic rings. The van der Waals surface area contributed by atoms with E-state index in [9.17, 15) is 4.79 Å². The van der Waals surface area contributed by atoms with Crippen molar-refractivity contribution in [3.8, 4) is 0 Å². The molecule has 0 amide bonds. The van der Waals surface area contributed by atoms with Gasteiger partial charge in [-0.25, -0.2) is 4.79 Å². The number of benzene rings is 1. The molecule has 0 radical (unpaired) electrons. The Labute approximate surface area is 123 Å². The molecule has 1 aromatic carbocycles. The Morgan fingerprint density at radius 3 is 2.80 bits per heavy atom. The smallest absolute Gasteiger partial charge is 0.340 e. The molecule has 0 bridgehead atoms. The van der Waals surface area contributed by atoms with E-state index in [2.05, 4.69) is 0 Å². The summed E-state index contributed by atoms with van der Waals surface area (Å²) in [5, 5.41) is 0.447. The second kappa shape index (κ2) is 5.50. The van der Waals surface area contributed by atoms with E-state index in [1.54, 1.807) is 12.1 Å². The van der Waals surface area contributed by atoms with E-state index >= 15 is 0 Å². The lowest BCUT2D eigenvalue weighted by molar-refractivity contribution is -0.0277. The van der Waals surface area contributed by atoms with E-state index < -0.39 is 5.97 Å². The molecule has 6 heteroatoms. The molecule has 110 valence electrons. The van der Waals surface area contributed by atoms with Crippen molar-refractivity contribution >= 4 is 28.9 Å². The maximum atomic E-state index is 11.9. The van der Waals surface area contributed by atoms with Crippen LogP contribution >= 0.6 is 11.6 Å². The minimum absolute atomic E-state index is 0.295. The molecule has 0 unspecified atom stereocenters. The fourth-order valence-electron chi connectivity index (χ4n) is 2.41. The van der Waals surface area contributed by atoms with E-state index in [0.29, 0.717) is 41.7 Å². The highest BCUT2D eigenvalue weighted by Crippen LogP contribution is 2.35. The van der Waals surface area contributed by atoms with Crippen molar-refractivity contribution < 1.29 is 14.3 Å². The zero-order valence-corrected chi connectivity index (χ0v) is 12.7. The van der Waals surface area contributed by atoms with E-state index in [0.717, 1.165) is 0 Å². The zero-order valence-electron chi connectivity index (χ0n) is 11.9. The third-order valence-corrected chi connectivity index (χ3v) is 3.52. The van der Waals surface area contributed by atoms with Gasteiger partial charge in [0.05, 0.1) is 35.6 Å². The number of hydrogen-bond acceptors (Lipinski definition) is 5. The SMILES string of the molecule is COC(=O)c1cc(N)cc(Cl)c1N1CCOC(C)(C)C1. The number of halogens is 1. The molecular weight excluding hydrogens is 280 g/mol. The van der Waals surface area contributed by atoms with Gasteiger partial charge in [-0.2, -0.15) is 0 Å². The lowest BCUT2D eigenvalue weighted by atomic mass is 10.0. The quantitative estimate of drug-likeness (QED) is 0.670. The molecule has 0 aromatic heterocycles. The first-order valence-electron chi connectivity index (χ1n) is 6.40. The molecule has 0 atom stereocenters. The summed E-state index contributed by atoms with van der Waals surface area (Å²) in [5.41, 5.74) is 6.95. The number of nitrogen functional groups attached to an aromatic ring is 1. The molecule has 0 aliphatic carbocycles. The predicted octanol–water partition coefficient (Wildman–Crippen LogP) is 2.32. The summed E-state index contributed by atoms with van der Waals surface area (Å²) in [6, 6.07) is 3.24. The predicted molar refractivity (Wildman–Crippen MR) is 79.4 cm³/mol. The van der Waals surface area contributed by atoms with Crippen molar-refractivity contribution in [3.63, 3.8) is 0 Å². The van der Waals surface area contributed by atoms with Crippen molar-refractivity contribution in [3.05, 3.63) is 22.7 Å². The molecule has 5 nitrogen and oxygen atoms in total. The summed E-state index contributed by atoms with van der Waals surface area (Å²) in [7, 11) is 1.34. The normalized spacial score (nSPS) is 17.9. The van der Waals surface area contributed by atoms with Gasteiger partial charge in [-0.05, 0) is 26.0 Å². The first-order valence-corrected chi connectivity index (χ1v) is 6.78. The third-order valence-electron chi connectivity index (χ3n) is 3.23. The van der Waals surface area contributed by atoms with Crippen LogP contribution in [0.1, 0.15) is 24.2 Å². The number of esters is 1. The highest BCUT2D eigenvalue weighted by Gasteiger charge is 2.31. The van der Waals surface area contributed by atoms with Gasteiger partial charge in [0.15, 0.2) is 0 Å². The molecular formula is C14H19ClN2O3. The Morgan fingerprint density at radius 2 is 2.20 bits per heavy atom. The Kier molecular flexibility index (Phi) is 4.11. The average Bonchev–Trinajstić information content (AvgIpc) is 2.35. The molecule has 1 saturated heterocycles. The van der Waals surface area contributed by atoms with Crippen molar-refractivity contribution in [2.75, 3.05) is 37.4 Å². The number of rotatable bonds is 2. The van der Waals surface area contributed by atoms with E-state index in [1.165, 1.54) is 7.11 Å². The number of methoxy groups -OCH3 is 1. The maximum absolute atomic E-state index is 11.9. The van der Waals surface area contributed by atoms with Crippen LogP contribution in [0.2, 0.25) is 5.02 Å². The lowest BCUT2D eigenvalue weighted by Gasteiger charge is -2.40. The van der Waals surface area contributed by atoms with Gasteiger partial charge in [0.1, 0.15) is 0 Å². The van der Waals surface area contributed by atoms with Gasteiger partial charge in [-0.3, -0.25) is 0 Å². The monoisotopic (exact) mass is 298 g/mol. The highest BCUT2D eigenvalue weighted by atomic mass is 35.5. The first-order chi connectivity index (χ1) is 9.34. The van der Waals surface area contributed by atoms with Crippen molar-refractivity contribution in [2.24, 2.45) is 0 Å². The molecule has 1 fully saturated rings. The number of ether oxygens (including phenoxy) is 2. The second-order valence-corrected chi connectivity index (χ2v) is 5.83. The van der Waals surface area contributed by atoms with Crippen LogP contribution in [0.15, 0.2) is 12.1 Å². The van der Waals surface area contributed by atoms with Gasteiger partial charge in [-0.15, -0.1) is 0 Å². The number of nitrogens with zero attached hydrogens (tertiary/aromatic N) is 1. The molecule has 1 aromatic rings. The summed E-state index contributed by atoms with van der Waals surface area (Å²) in [6.07, 6.45) is 0. The minimum atomic E-state index is -0.446. The van der Waals surface area contributed by atoms with Gasteiger partial charge in [0.25, 0.3) is 0 Å². The van der Waals surface area contributed by atoms with Crippen LogP contribution in [0.4, 0.5) is 11.4 Å². The summed E-state index contributed by atoms with van der Waals surface area (Å²) < 4.78 is 10.5. The number of hydrogen-bond donors (Lipinski definition) is 1. The Bertz CT molecular complexity index is 531. The number of nitrogens with two attached hydrogens (primary N) is 1. The van der Waals surface area contributed by atoms with Crippen LogP contribution in [0.5, 0.6) is 0 Å². The highest BCUT2D eigenvalue weighted by molar-refractivity contribution is 6.34. The molecule has 0 saturated carbocycles. The van der Waals surface area contributed by atoms with Crippen molar-refractivity contribution in [1.82, 2.24) is 0 Å². The average molecular weight is 299 g/mol. The zero-order chi connectivity index (χ0) is 14.9. The molecule has 20 heavy (non-hydrogen) atoms. The van der Waals surface area contributed by atoms with Crippen LogP contribution in [-0.2, 0) is 9.47 Å². The van der Waals surface area contributed by atoms with Crippen LogP contribution in [0.3, 0.4) is 0 Å². The number of anilines is 2. The molecule has 2 N–H and O–H groups in total. The number of morpholine rings is 1. The Hall–Kier alpha value is -1.46. The largest absolute Gasteiger partial charge is 0.465 e. The Balaban J connectivity index is 2.47. The van der Waals surface area contributed by atoms with Crippen LogP contribution in [-0.4, -0.2) is 38.4 Å². The van der Waals surface area contributed by atoms with Gasteiger partial charge < -0.3 is 20.1 Å². The van der Waals surface area contributed by atoms with Crippen LogP contribution < -0.4 is 10.6 Å². The number of carbonyl (C=O) groups is 1. The third kappa shape index (κ3) is 2.99. The fraction of sp³-hybridized carbons (Fsp3) is 0.500. The summed E-state index contributed by atoms with van der Waals surface area (Å²) in [5.74, 6) is -0.446. The fourth-order valence-corrected chi connectivity index (χ4v) is 2.76. The van der Waals surface area contributed by atoms with E-state index in [1.807, 2.05) is 18.7 Å². The topological polar surface area (TPSA) is 64.8 Å². The summed E-state index contributed by atoms with van der Waals surface area (Å²) in [4.78, 5) is 14.0. The van der Waals surface area contributed by atoms with E-state index in [-0.39, 0.29) is 5.60 Å². The van der Waals surface area contributed by atoms with Gasteiger partial charge >= 0.3 is 5.97 Å². The summed E-state index contributed by atoms with van der Waals surface area (Å²) in [6.45, 7) is 5.89. The van der Waals surface area contributed by atoms with Crippen molar-refractivity contribution in [2.45, 2.75) is 19.4 Å². The van der Waals surface area contributed by atoms with E-state index in [4.69, 9.17) is 26.8 Å². The molecule has 0 spiro atoms. The summed E-state index contributed by atoms with van der Waals surface area (Å²) >= 11 is 6.29. The second-order valence-electron chi connectivity index (χ2n) is 5.42. The van der Waals surface area contributed by atoms with Gasteiger partial charge in [-0.1, -0.05) is 11.6 Å². The molecule has 1 aliphatic heterocycles. The maximum Gasteiger partial charge on any atom is 0.340 e. The first kappa shape index (κ1) is 14.9. The minimum Gasteiger partial charge on any atom is -0.465 e. The Morgan fingerprint density at radius 1 is 1.50 bits per heavy atom. The van der Waals surface area contributed by atoms with Gasteiger partial charge in [0.2, 0.25) is 0 Å². The molecule has 2 rings (SSSR count). The van der Waals surface area contributed by atoms with Gasteiger partial charge in [0, 0.05) is 18.8 Å². The standard InChI is InChI=1S/C14H19ClN2O3/c1-14(2)8-17(4-5-20-14)12-10(13(18)19-3)6-9(16)7-11(12)15/h6-7H,4-5,8,16H2,1-3H3. The molecule has 1 heterocycles. The van der Waals surface area contributed by atoms with Crippen LogP contribution in [0, 0.1) is 0 Å². The van der Waals surface area contributed by atoms with Crippen molar-refractivity contribution in [1.29, 1.82) is 0 Å². The van der Waals surface area contributed by atoms with Crippen LogP contribution in [0.25, 0.3) is 0 Å². The lowest BCUT2D eigenvalue weighted by Crippen LogP contribution is -2.48.